The van der Waals surface area contributed by atoms with Crippen molar-refractivity contribution in [1.29, 1.82) is 0 Å². The summed E-state index contributed by atoms with van der Waals surface area (Å²) in [5.74, 6) is 0.229. The Labute approximate surface area is 133 Å². The van der Waals surface area contributed by atoms with Gasteiger partial charge in [0.1, 0.15) is 0 Å². The summed E-state index contributed by atoms with van der Waals surface area (Å²) in [5.41, 5.74) is 7.72. The molecule has 0 bridgehead atoms. The molecule has 0 spiro atoms. The number of nitrogens with zero attached hydrogens (tertiary/aromatic N) is 4. The van der Waals surface area contributed by atoms with Gasteiger partial charge in [-0.2, -0.15) is 5.10 Å². The highest BCUT2D eigenvalue weighted by molar-refractivity contribution is 5.83. The second-order valence-corrected chi connectivity index (χ2v) is 5.80. The number of hydrogen-bond donors (Lipinski definition) is 2. The first-order valence-corrected chi connectivity index (χ1v) is 7.67. The molecule has 2 amide bonds. The van der Waals surface area contributed by atoms with Crippen LogP contribution in [0.25, 0.3) is 5.52 Å². The molecule has 3 heterocycles. The number of piperidine rings is 1. The number of likely N-dealkylation sites (tertiary alicyclic amines) is 1. The molecule has 0 aromatic carbocycles. The van der Waals surface area contributed by atoms with Crippen molar-refractivity contribution in [3.05, 3.63) is 24.0 Å². The molecule has 0 unspecified atom stereocenters. The molecule has 0 saturated carbocycles. The van der Waals surface area contributed by atoms with E-state index in [0.717, 1.165) is 24.1 Å². The Morgan fingerprint density at radius 2 is 2.30 bits per heavy atom. The smallest absolute Gasteiger partial charge is 0.241 e. The van der Waals surface area contributed by atoms with E-state index in [2.05, 4.69) is 15.4 Å². The number of carbonyl (C=O) groups excluding carboxylic acids is 2. The van der Waals surface area contributed by atoms with Crippen LogP contribution in [0.3, 0.4) is 0 Å². The molecule has 1 aliphatic rings. The Morgan fingerprint density at radius 3 is 3.09 bits per heavy atom. The first-order chi connectivity index (χ1) is 11.0. The van der Waals surface area contributed by atoms with Gasteiger partial charge in [-0.05, 0) is 25.0 Å². The highest BCUT2D eigenvalue weighted by atomic mass is 16.2. The largest absolute Gasteiger partial charge is 0.368 e. The average molecular weight is 316 g/mol. The van der Waals surface area contributed by atoms with Crippen molar-refractivity contribution < 1.29 is 9.59 Å². The van der Waals surface area contributed by atoms with Crippen molar-refractivity contribution in [3.8, 4) is 0 Å². The molecule has 2 aromatic heterocycles. The SMILES string of the molecule is CC(=O)NCC(=O)N1CCC[C@@H](c2cc3ccnn3c(N)n2)C1. The number of anilines is 1. The van der Waals surface area contributed by atoms with Crippen molar-refractivity contribution in [2.45, 2.75) is 25.7 Å². The zero-order valence-electron chi connectivity index (χ0n) is 13.0. The number of aromatic nitrogens is 3. The topological polar surface area (TPSA) is 106 Å². The number of nitrogens with two attached hydrogens (primary N) is 1. The van der Waals surface area contributed by atoms with Crippen molar-refractivity contribution in [1.82, 2.24) is 24.8 Å². The average Bonchev–Trinajstić information content (AvgIpc) is 3.01. The van der Waals surface area contributed by atoms with E-state index < -0.39 is 0 Å². The van der Waals surface area contributed by atoms with Crippen LogP contribution in [0.4, 0.5) is 5.95 Å². The lowest BCUT2D eigenvalue weighted by Crippen LogP contribution is -2.44. The van der Waals surface area contributed by atoms with Crippen LogP contribution in [-0.2, 0) is 9.59 Å². The summed E-state index contributed by atoms with van der Waals surface area (Å²) in [6.45, 7) is 2.74. The zero-order chi connectivity index (χ0) is 16.4. The summed E-state index contributed by atoms with van der Waals surface area (Å²) in [4.78, 5) is 29.3. The lowest BCUT2D eigenvalue weighted by atomic mass is 9.94. The van der Waals surface area contributed by atoms with E-state index in [1.54, 1.807) is 15.6 Å². The van der Waals surface area contributed by atoms with E-state index in [0.29, 0.717) is 19.0 Å². The Morgan fingerprint density at radius 1 is 1.48 bits per heavy atom. The van der Waals surface area contributed by atoms with Crippen LogP contribution in [-0.4, -0.2) is 50.9 Å². The van der Waals surface area contributed by atoms with E-state index in [1.165, 1.54) is 6.92 Å². The second-order valence-electron chi connectivity index (χ2n) is 5.80. The highest BCUT2D eigenvalue weighted by Gasteiger charge is 2.26. The maximum atomic E-state index is 12.2. The molecule has 1 aliphatic heterocycles. The molecular weight excluding hydrogens is 296 g/mol. The molecule has 2 aromatic rings. The third kappa shape index (κ3) is 3.25. The van der Waals surface area contributed by atoms with E-state index >= 15 is 0 Å². The molecule has 3 rings (SSSR count). The molecule has 1 atom stereocenters. The van der Waals surface area contributed by atoms with Gasteiger partial charge in [0.25, 0.3) is 0 Å². The molecule has 3 N–H and O–H groups in total. The zero-order valence-corrected chi connectivity index (χ0v) is 13.0. The highest BCUT2D eigenvalue weighted by Crippen LogP contribution is 2.27. The standard InChI is InChI=1S/C15H20N6O2/c1-10(22)17-8-14(23)20-6-2-3-11(9-20)13-7-12-4-5-18-21(12)15(16)19-13/h4-5,7,11H,2-3,6,8-9H2,1H3,(H2,16,19)(H,17,22)/t11-/m1/s1. The number of amides is 2. The molecule has 0 radical (unpaired) electrons. The summed E-state index contributed by atoms with van der Waals surface area (Å²) in [6.07, 6.45) is 3.55. The molecular formula is C15H20N6O2. The molecule has 1 saturated heterocycles. The van der Waals surface area contributed by atoms with Crippen LogP contribution in [0.15, 0.2) is 18.3 Å². The molecule has 1 fully saturated rings. The predicted octanol–water partition coefficient (Wildman–Crippen LogP) is 0.154. The third-order valence-electron chi connectivity index (χ3n) is 4.11. The summed E-state index contributed by atoms with van der Waals surface area (Å²) < 4.78 is 1.59. The van der Waals surface area contributed by atoms with Crippen molar-refractivity contribution in [3.63, 3.8) is 0 Å². The van der Waals surface area contributed by atoms with E-state index in [-0.39, 0.29) is 24.3 Å². The Kier molecular flexibility index (Phi) is 4.14. The lowest BCUT2D eigenvalue weighted by molar-refractivity contribution is -0.133. The van der Waals surface area contributed by atoms with Gasteiger partial charge >= 0.3 is 0 Å². The Balaban J connectivity index is 1.74. The van der Waals surface area contributed by atoms with Gasteiger partial charge in [0, 0.05) is 25.9 Å². The minimum Gasteiger partial charge on any atom is -0.368 e. The first-order valence-electron chi connectivity index (χ1n) is 7.67. The Bertz CT molecular complexity index is 741. The third-order valence-corrected chi connectivity index (χ3v) is 4.11. The fraction of sp³-hybridized carbons (Fsp3) is 0.467. The minimum absolute atomic E-state index is 0.0410. The number of nitrogens with one attached hydrogen (secondary N) is 1. The Hall–Kier alpha value is -2.64. The first kappa shape index (κ1) is 15.3. The molecule has 8 nitrogen and oxygen atoms in total. The van der Waals surface area contributed by atoms with Crippen molar-refractivity contribution in [2.75, 3.05) is 25.4 Å². The van der Waals surface area contributed by atoms with Gasteiger partial charge in [-0.3, -0.25) is 9.59 Å². The fourth-order valence-electron chi connectivity index (χ4n) is 2.94. The number of hydrogen-bond acceptors (Lipinski definition) is 5. The van der Waals surface area contributed by atoms with Crippen LogP contribution in [0.1, 0.15) is 31.4 Å². The summed E-state index contributed by atoms with van der Waals surface area (Å²) >= 11 is 0. The normalized spacial score (nSPS) is 18.1. The summed E-state index contributed by atoms with van der Waals surface area (Å²) in [7, 11) is 0. The summed E-state index contributed by atoms with van der Waals surface area (Å²) in [5, 5.41) is 6.66. The molecule has 122 valence electrons. The second kappa shape index (κ2) is 6.23. The number of rotatable bonds is 3. The maximum Gasteiger partial charge on any atom is 0.241 e. The van der Waals surface area contributed by atoms with Gasteiger partial charge in [-0.25, -0.2) is 9.50 Å². The number of fused-ring (bicyclic) bond motifs is 1. The van der Waals surface area contributed by atoms with E-state index in [9.17, 15) is 9.59 Å². The van der Waals surface area contributed by atoms with Gasteiger partial charge in [0.2, 0.25) is 17.8 Å². The van der Waals surface area contributed by atoms with Crippen molar-refractivity contribution in [2.24, 2.45) is 0 Å². The van der Waals surface area contributed by atoms with Crippen LogP contribution in [0.5, 0.6) is 0 Å². The molecule has 23 heavy (non-hydrogen) atoms. The van der Waals surface area contributed by atoms with Crippen LogP contribution < -0.4 is 11.1 Å². The fourth-order valence-corrected chi connectivity index (χ4v) is 2.94. The minimum atomic E-state index is -0.201. The number of carbonyl (C=O) groups is 2. The van der Waals surface area contributed by atoms with Crippen LogP contribution >= 0.6 is 0 Å². The van der Waals surface area contributed by atoms with E-state index in [1.807, 2.05) is 12.1 Å². The van der Waals surface area contributed by atoms with Gasteiger partial charge in [0.05, 0.1) is 24.0 Å². The van der Waals surface area contributed by atoms with Gasteiger partial charge < -0.3 is 16.0 Å². The lowest BCUT2D eigenvalue weighted by Gasteiger charge is -2.32. The van der Waals surface area contributed by atoms with Gasteiger partial charge in [-0.1, -0.05) is 0 Å². The predicted molar refractivity (Wildman–Crippen MR) is 84.6 cm³/mol. The van der Waals surface area contributed by atoms with Crippen LogP contribution in [0.2, 0.25) is 0 Å². The molecule has 8 heteroatoms. The van der Waals surface area contributed by atoms with E-state index in [4.69, 9.17) is 5.73 Å². The maximum absolute atomic E-state index is 12.2. The number of nitrogen functional groups attached to an aromatic ring is 1. The monoisotopic (exact) mass is 316 g/mol. The molecule has 0 aliphatic carbocycles. The van der Waals surface area contributed by atoms with Crippen LogP contribution in [0, 0.1) is 0 Å². The van der Waals surface area contributed by atoms with Crippen molar-refractivity contribution >= 4 is 23.3 Å². The quantitative estimate of drug-likeness (QED) is 0.838. The van der Waals surface area contributed by atoms with Gasteiger partial charge in [0.15, 0.2) is 0 Å². The van der Waals surface area contributed by atoms with Gasteiger partial charge in [-0.15, -0.1) is 0 Å². The summed E-state index contributed by atoms with van der Waals surface area (Å²) in [6, 6.07) is 3.85.